The van der Waals surface area contributed by atoms with Crippen molar-refractivity contribution < 1.29 is 23.1 Å². The average Bonchev–Trinajstić information content (AvgIpc) is 2.33. The van der Waals surface area contributed by atoms with Crippen LogP contribution in [0, 0.1) is 0 Å². The first-order valence-corrected chi connectivity index (χ1v) is 7.91. The van der Waals surface area contributed by atoms with Gasteiger partial charge in [0.1, 0.15) is 11.3 Å². The van der Waals surface area contributed by atoms with Crippen LogP contribution in [0.1, 0.15) is 30.1 Å². The van der Waals surface area contributed by atoms with Gasteiger partial charge in [0, 0.05) is 13.1 Å². The Hall–Kier alpha value is -1.60. The molecule has 1 N–H and O–H groups in total. The van der Waals surface area contributed by atoms with E-state index in [1.54, 1.807) is 0 Å². The van der Waals surface area contributed by atoms with E-state index in [0.717, 1.165) is 12.8 Å². The van der Waals surface area contributed by atoms with Gasteiger partial charge in [-0.2, -0.15) is 4.31 Å². The number of rotatable bonds is 6. The highest BCUT2D eigenvalue weighted by atomic mass is 32.2. The fourth-order valence-corrected chi connectivity index (χ4v) is 3.40. The summed E-state index contributed by atoms with van der Waals surface area (Å²) in [6.07, 6.45) is 1.58. The first kappa shape index (κ1) is 14.8. The minimum absolute atomic E-state index is 0.00144. The molecule has 2 rings (SSSR count). The second-order valence-corrected chi connectivity index (χ2v) is 6.51. The summed E-state index contributed by atoms with van der Waals surface area (Å²) in [6.45, 7) is 3.26. The molecular formula is C13H17NO5S. The van der Waals surface area contributed by atoms with Crippen molar-refractivity contribution in [2.45, 2.75) is 24.7 Å². The zero-order chi connectivity index (χ0) is 14.8. The zero-order valence-corrected chi connectivity index (χ0v) is 12.0. The maximum Gasteiger partial charge on any atom is 0.339 e. The van der Waals surface area contributed by atoms with E-state index < -0.39 is 16.0 Å². The Morgan fingerprint density at radius 3 is 2.60 bits per heavy atom. The molecule has 0 atom stereocenters. The predicted octanol–water partition coefficient (Wildman–Crippen LogP) is 1.57. The van der Waals surface area contributed by atoms with E-state index in [1.807, 2.05) is 6.92 Å². The van der Waals surface area contributed by atoms with Gasteiger partial charge in [-0.05, 0) is 31.0 Å². The summed E-state index contributed by atoms with van der Waals surface area (Å²) in [5.41, 5.74) is -0.125. The smallest absolute Gasteiger partial charge is 0.339 e. The number of sulfonamides is 1. The summed E-state index contributed by atoms with van der Waals surface area (Å²) in [5, 5.41) is 9.18. The first-order chi connectivity index (χ1) is 9.46. The van der Waals surface area contributed by atoms with Crippen molar-refractivity contribution in [3.63, 3.8) is 0 Å². The highest BCUT2D eigenvalue weighted by Crippen LogP contribution is 2.27. The average molecular weight is 299 g/mol. The molecular weight excluding hydrogens is 282 g/mol. The van der Waals surface area contributed by atoms with Crippen molar-refractivity contribution in [3.8, 4) is 5.75 Å². The number of hydrogen-bond acceptors (Lipinski definition) is 4. The highest BCUT2D eigenvalue weighted by molar-refractivity contribution is 7.89. The van der Waals surface area contributed by atoms with Gasteiger partial charge in [-0.3, -0.25) is 0 Å². The Morgan fingerprint density at radius 1 is 1.40 bits per heavy atom. The standard InChI is InChI=1S/C13H17NO5S/c1-2-8-19-12-5-4-10(9-11(12)13(15)16)20(17,18)14-6-3-7-14/h4-5,9H,2-3,6-8H2,1H3,(H,15,16). The number of aromatic carboxylic acids is 1. The molecule has 1 saturated heterocycles. The molecule has 0 saturated carbocycles. The summed E-state index contributed by atoms with van der Waals surface area (Å²) in [5.74, 6) is -1.00. The van der Waals surface area contributed by atoms with Crippen LogP contribution in [0.5, 0.6) is 5.75 Å². The third-order valence-electron chi connectivity index (χ3n) is 3.10. The third-order valence-corrected chi connectivity index (χ3v) is 4.99. The molecule has 1 heterocycles. The molecule has 1 aliphatic rings. The van der Waals surface area contributed by atoms with Gasteiger partial charge >= 0.3 is 5.97 Å². The lowest BCUT2D eigenvalue weighted by atomic mass is 10.2. The van der Waals surface area contributed by atoms with E-state index in [2.05, 4.69) is 0 Å². The Kier molecular flexibility index (Phi) is 4.29. The molecule has 0 radical (unpaired) electrons. The van der Waals surface area contributed by atoms with Crippen LogP contribution in [0.2, 0.25) is 0 Å². The van der Waals surface area contributed by atoms with Crippen LogP contribution in [0.25, 0.3) is 0 Å². The SMILES string of the molecule is CCCOc1ccc(S(=O)(=O)N2CCC2)cc1C(=O)O. The number of carboxylic acids is 1. The second-order valence-electron chi connectivity index (χ2n) is 4.57. The summed E-state index contributed by atoms with van der Waals surface area (Å²) in [7, 11) is -3.58. The number of ether oxygens (including phenoxy) is 1. The van der Waals surface area contributed by atoms with Crippen molar-refractivity contribution in [2.75, 3.05) is 19.7 Å². The molecule has 110 valence electrons. The number of carbonyl (C=O) groups is 1. The fraction of sp³-hybridized carbons (Fsp3) is 0.462. The van der Waals surface area contributed by atoms with Gasteiger partial charge in [0.05, 0.1) is 11.5 Å². The minimum atomic E-state index is -3.58. The molecule has 1 fully saturated rings. The summed E-state index contributed by atoms with van der Waals surface area (Å²) < 4.78 is 31.1. The van der Waals surface area contributed by atoms with Crippen LogP contribution in [0.3, 0.4) is 0 Å². The van der Waals surface area contributed by atoms with Gasteiger partial charge in [0.2, 0.25) is 10.0 Å². The monoisotopic (exact) mass is 299 g/mol. The largest absolute Gasteiger partial charge is 0.493 e. The highest BCUT2D eigenvalue weighted by Gasteiger charge is 2.30. The van der Waals surface area contributed by atoms with E-state index in [-0.39, 0.29) is 16.2 Å². The predicted molar refractivity (Wildman–Crippen MR) is 72.6 cm³/mol. The number of hydrogen-bond donors (Lipinski definition) is 1. The lowest BCUT2D eigenvalue weighted by molar-refractivity contribution is 0.0692. The van der Waals surface area contributed by atoms with E-state index >= 15 is 0 Å². The maximum absolute atomic E-state index is 12.2. The van der Waals surface area contributed by atoms with Crippen LogP contribution in [-0.4, -0.2) is 43.5 Å². The van der Waals surface area contributed by atoms with Crippen molar-refractivity contribution in [2.24, 2.45) is 0 Å². The molecule has 0 aliphatic carbocycles. The molecule has 0 aromatic heterocycles. The molecule has 1 aromatic rings. The Bertz CT molecular complexity index is 607. The van der Waals surface area contributed by atoms with Crippen LogP contribution < -0.4 is 4.74 Å². The van der Waals surface area contributed by atoms with Gasteiger partial charge < -0.3 is 9.84 Å². The van der Waals surface area contributed by atoms with Crippen LogP contribution >= 0.6 is 0 Å². The molecule has 0 amide bonds. The summed E-state index contributed by atoms with van der Waals surface area (Å²) in [6, 6.07) is 3.97. The van der Waals surface area contributed by atoms with E-state index in [9.17, 15) is 18.3 Å². The number of nitrogens with zero attached hydrogens (tertiary/aromatic N) is 1. The van der Waals surface area contributed by atoms with Crippen molar-refractivity contribution in [1.29, 1.82) is 0 Å². The van der Waals surface area contributed by atoms with E-state index in [4.69, 9.17) is 4.74 Å². The fourth-order valence-electron chi connectivity index (χ4n) is 1.85. The molecule has 20 heavy (non-hydrogen) atoms. The third kappa shape index (κ3) is 2.78. The normalized spacial score (nSPS) is 15.7. The quantitative estimate of drug-likeness (QED) is 0.862. The van der Waals surface area contributed by atoms with Crippen LogP contribution in [0.15, 0.2) is 23.1 Å². The van der Waals surface area contributed by atoms with Gasteiger partial charge in [-0.15, -0.1) is 0 Å². The summed E-state index contributed by atoms with van der Waals surface area (Å²) >= 11 is 0. The minimum Gasteiger partial charge on any atom is -0.493 e. The molecule has 1 aliphatic heterocycles. The molecule has 6 nitrogen and oxygen atoms in total. The van der Waals surface area contributed by atoms with Crippen molar-refractivity contribution in [1.82, 2.24) is 4.31 Å². The Balaban J connectivity index is 2.37. The number of carboxylic acid groups (broad SMARTS) is 1. The van der Waals surface area contributed by atoms with E-state index in [0.29, 0.717) is 19.7 Å². The van der Waals surface area contributed by atoms with E-state index in [1.165, 1.54) is 22.5 Å². The van der Waals surface area contributed by atoms with Crippen molar-refractivity contribution >= 4 is 16.0 Å². The van der Waals surface area contributed by atoms with Crippen molar-refractivity contribution in [3.05, 3.63) is 23.8 Å². The zero-order valence-electron chi connectivity index (χ0n) is 11.2. The molecule has 1 aromatic carbocycles. The maximum atomic E-state index is 12.2. The molecule has 7 heteroatoms. The topological polar surface area (TPSA) is 83.9 Å². The molecule has 0 spiro atoms. The van der Waals surface area contributed by atoms with Crippen LogP contribution in [0.4, 0.5) is 0 Å². The number of benzene rings is 1. The first-order valence-electron chi connectivity index (χ1n) is 6.47. The Morgan fingerprint density at radius 2 is 2.10 bits per heavy atom. The Labute approximate surface area is 118 Å². The van der Waals surface area contributed by atoms with Gasteiger partial charge in [-0.25, -0.2) is 13.2 Å². The molecule has 0 bridgehead atoms. The van der Waals surface area contributed by atoms with Crippen LogP contribution in [-0.2, 0) is 10.0 Å². The van der Waals surface area contributed by atoms with Gasteiger partial charge in [0.25, 0.3) is 0 Å². The lowest BCUT2D eigenvalue weighted by Gasteiger charge is -2.29. The second kappa shape index (κ2) is 5.80. The lowest BCUT2D eigenvalue weighted by Crippen LogP contribution is -2.41. The van der Waals surface area contributed by atoms with Gasteiger partial charge in [-0.1, -0.05) is 6.92 Å². The van der Waals surface area contributed by atoms with Gasteiger partial charge in [0.15, 0.2) is 0 Å². The summed E-state index contributed by atoms with van der Waals surface area (Å²) in [4.78, 5) is 11.2. The molecule has 0 unspecified atom stereocenters.